The third kappa shape index (κ3) is 3.90. The molecule has 0 bridgehead atoms. The van der Waals surface area contributed by atoms with Gasteiger partial charge in [-0.05, 0) is 41.8 Å². The molecular weight excluding hydrogens is 469 g/mol. The number of hydrogen-bond acceptors (Lipinski definition) is 6. The van der Waals surface area contributed by atoms with Crippen LogP contribution in [0.1, 0.15) is 5.56 Å². The fraction of sp³-hybridized carbons (Fsp3) is 0.154. The summed E-state index contributed by atoms with van der Waals surface area (Å²) in [6.07, 6.45) is 0.448. The average Bonchev–Trinajstić information content (AvgIpc) is 2.89. The molecule has 36 heavy (non-hydrogen) atoms. The molecule has 0 saturated heterocycles. The van der Waals surface area contributed by atoms with Gasteiger partial charge in [0, 0.05) is 67.4 Å². The van der Waals surface area contributed by atoms with Crippen LogP contribution in [0.15, 0.2) is 71.9 Å². The van der Waals surface area contributed by atoms with E-state index in [4.69, 9.17) is 0 Å². The zero-order chi connectivity index (χ0) is 25.6. The number of hydrogen-bond donors (Lipinski definition) is 1. The van der Waals surface area contributed by atoms with Crippen LogP contribution in [-0.2, 0) is 13.2 Å². The topological polar surface area (TPSA) is 75.9 Å². The third-order valence-corrected chi connectivity index (χ3v) is 6.16. The summed E-state index contributed by atoms with van der Waals surface area (Å²) < 4.78 is 41.6. The highest BCUT2D eigenvalue weighted by molar-refractivity contribution is 6.04. The SMILES string of the molecule is CNc1ncc2cc(-c3c(N(C)c4cccc(C(F)(F)F)c4)ccc4cnccc34)c(=O)n(C)c2n1. The molecule has 2 aromatic carbocycles. The van der Waals surface area contributed by atoms with Crippen molar-refractivity contribution in [2.75, 3.05) is 24.3 Å². The zero-order valence-electron chi connectivity index (χ0n) is 19.6. The van der Waals surface area contributed by atoms with Gasteiger partial charge >= 0.3 is 6.18 Å². The van der Waals surface area contributed by atoms with Gasteiger partial charge in [-0.3, -0.25) is 14.3 Å². The van der Waals surface area contributed by atoms with E-state index in [0.717, 1.165) is 22.9 Å². The van der Waals surface area contributed by atoms with Crippen LogP contribution in [0.5, 0.6) is 0 Å². The molecule has 0 spiro atoms. The Hall–Kier alpha value is -4.47. The van der Waals surface area contributed by atoms with Crippen molar-refractivity contribution < 1.29 is 13.2 Å². The van der Waals surface area contributed by atoms with Crippen molar-refractivity contribution >= 4 is 39.1 Å². The van der Waals surface area contributed by atoms with E-state index in [0.29, 0.717) is 39.5 Å². The Morgan fingerprint density at radius 3 is 2.58 bits per heavy atom. The quantitative estimate of drug-likeness (QED) is 0.365. The monoisotopic (exact) mass is 490 g/mol. The minimum atomic E-state index is -4.48. The molecule has 0 atom stereocenters. The van der Waals surface area contributed by atoms with Crippen LogP contribution in [-0.4, -0.2) is 33.6 Å². The molecule has 0 aliphatic rings. The van der Waals surface area contributed by atoms with E-state index < -0.39 is 11.7 Å². The molecule has 0 amide bonds. The maximum atomic E-state index is 13.6. The Balaban J connectivity index is 1.80. The van der Waals surface area contributed by atoms with Crippen molar-refractivity contribution in [2.24, 2.45) is 7.05 Å². The van der Waals surface area contributed by atoms with E-state index in [9.17, 15) is 18.0 Å². The number of aromatic nitrogens is 4. The van der Waals surface area contributed by atoms with Gasteiger partial charge in [-0.1, -0.05) is 12.1 Å². The Labute approximate surface area is 203 Å². The molecule has 3 aromatic heterocycles. The van der Waals surface area contributed by atoms with Crippen LogP contribution >= 0.6 is 0 Å². The number of benzene rings is 2. The van der Waals surface area contributed by atoms with Crippen LogP contribution in [0.4, 0.5) is 30.5 Å². The second kappa shape index (κ2) is 8.63. The minimum Gasteiger partial charge on any atom is -0.357 e. The van der Waals surface area contributed by atoms with Crippen LogP contribution < -0.4 is 15.8 Å². The minimum absolute atomic E-state index is 0.300. The highest BCUT2D eigenvalue weighted by atomic mass is 19.4. The Morgan fingerprint density at radius 2 is 1.83 bits per heavy atom. The van der Waals surface area contributed by atoms with E-state index in [1.807, 2.05) is 6.07 Å². The molecule has 0 saturated carbocycles. The summed E-state index contributed by atoms with van der Waals surface area (Å²) in [5, 5.41) is 5.04. The molecule has 10 heteroatoms. The number of nitrogens with one attached hydrogen (secondary N) is 1. The van der Waals surface area contributed by atoms with Crippen LogP contribution in [0.25, 0.3) is 32.9 Å². The van der Waals surface area contributed by atoms with Gasteiger partial charge in [0.05, 0.1) is 11.1 Å². The van der Waals surface area contributed by atoms with Gasteiger partial charge in [0.25, 0.3) is 5.56 Å². The summed E-state index contributed by atoms with van der Waals surface area (Å²) >= 11 is 0. The van der Waals surface area contributed by atoms with E-state index in [1.165, 1.54) is 10.6 Å². The summed E-state index contributed by atoms with van der Waals surface area (Å²) in [5.74, 6) is 0.381. The fourth-order valence-corrected chi connectivity index (χ4v) is 4.30. The average molecular weight is 490 g/mol. The number of nitrogens with zero attached hydrogens (tertiary/aromatic N) is 5. The van der Waals surface area contributed by atoms with E-state index >= 15 is 0 Å². The first-order valence-electron chi connectivity index (χ1n) is 11.0. The third-order valence-electron chi connectivity index (χ3n) is 6.16. The molecular formula is C26H21F3N6O. The van der Waals surface area contributed by atoms with Crippen LogP contribution in [0.3, 0.4) is 0 Å². The molecule has 5 aromatic rings. The van der Waals surface area contributed by atoms with Crippen molar-refractivity contribution in [3.8, 4) is 11.1 Å². The Morgan fingerprint density at radius 1 is 1.03 bits per heavy atom. The van der Waals surface area contributed by atoms with Crippen LogP contribution in [0, 0.1) is 0 Å². The van der Waals surface area contributed by atoms with Gasteiger partial charge in [-0.25, -0.2) is 4.98 Å². The highest BCUT2D eigenvalue weighted by Crippen LogP contribution is 2.40. The lowest BCUT2D eigenvalue weighted by atomic mass is 9.96. The van der Waals surface area contributed by atoms with Gasteiger partial charge in [-0.15, -0.1) is 0 Å². The highest BCUT2D eigenvalue weighted by Gasteiger charge is 2.31. The second-order valence-corrected chi connectivity index (χ2v) is 8.31. The Bertz CT molecular complexity index is 1680. The largest absolute Gasteiger partial charge is 0.416 e. The van der Waals surface area contributed by atoms with Crippen LogP contribution in [0.2, 0.25) is 0 Å². The maximum absolute atomic E-state index is 13.6. The molecule has 0 unspecified atom stereocenters. The zero-order valence-corrected chi connectivity index (χ0v) is 19.6. The van der Waals surface area contributed by atoms with Crippen molar-refractivity contribution in [3.63, 3.8) is 0 Å². The van der Waals surface area contributed by atoms with Gasteiger partial charge in [-0.2, -0.15) is 18.2 Å². The van der Waals surface area contributed by atoms with E-state index in [1.54, 1.807) is 68.9 Å². The molecule has 3 heterocycles. The Kier molecular flexibility index (Phi) is 5.58. The lowest BCUT2D eigenvalue weighted by Gasteiger charge is -2.25. The molecule has 0 aliphatic carbocycles. The summed E-state index contributed by atoms with van der Waals surface area (Å²) in [5.41, 5.74) is 1.25. The number of anilines is 3. The maximum Gasteiger partial charge on any atom is 0.416 e. The normalized spacial score (nSPS) is 11.7. The summed E-state index contributed by atoms with van der Waals surface area (Å²) in [6, 6.07) is 12.2. The smallest absolute Gasteiger partial charge is 0.357 e. The lowest BCUT2D eigenvalue weighted by Crippen LogP contribution is -2.21. The first-order valence-corrected chi connectivity index (χ1v) is 11.0. The molecule has 0 radical (unpaired) electrons. The van der Waals surface area contributed by atoms with Crippen molar-refractivity contribution in [1.29, 1.82) is 0 Å². The standard InChI is InChI=1S/C26H21F3N6O/c1-30-25-32-14-16-11-20(24(36)35(3)23(16)33-25)22-19-9-10-31-13-15(19)7-8-21(22)34(2)18-6-4-5-17(12-18)26(27,28)29/h4-14H,1-3H3,(H,30,32,33). The lowest BCUT2D eigenvalue weighted by molar-refractivity contribution is -0.137. The molecule has 0 fully saturated rings. The van der Waals surface area contributed by atoms with Gasteiger partial charge in [0.2, 0.25) is 5.95 Å². The van der Waals surface area contributed by atoms with Gasteiger partial charge in [0.15, 0.2) is 0 Å². The number of alkyl halides is 3. The van der Waals surface area contributed by atoms with Crippen molar-refractivity contribution in [1.82, 2.24) is 19.5 Å². The molecule has 1 N–H and O–H groups in total. The van der Waals surface area contributed by atoms with Gasteiger partial charge in [0.1, 0.15) is 5.65 Å². The summed E-state index contributed by atoms with van der Waals surface area (Å²) in [7, 11) is 4.99. The predicted octanol–water partition coefficient (Wildman–Crippen LogP) is 5.37. The molecule has 7 nitrogen and oxygen atoms in total. The number of fused-ring (bicyclic) bond motifs is 2. The predicted molar refractivity (Wildman–Crippen MR) is 135 cm³/mol. The van der Waals surface area contributed by atoms with Gasteiger partial charge < -0.3 is 10.2 Å². The molecule has 0 aliphatic heterocycles. The summed E-state index contributed by atoms with van der Waals surface area (Å²) in [4.78, 5) is 28.1. The first-order chi connectivity index (χ1) is 17.2. The van der Waals surface area contributed by atoms with Crippen molar-refractivity contribution in [3.05, 3.63) is 83.0 Å². The first kappa shape index (κ1) is 23.3. The molecule has 5 rings (SSSR count). The van der Waals surface area contributed by atoms with E-state index in [-0.39, 0.29) is 5.56 Å². The van der Waals surface area contributed by atoms with E-state index in [2.05, 4.69) is 20.3 Å². The molecule has 182 valence electrons. The number of halogens is 3. The summed E-state index contributed by atoms with van der Waals surface area (Å²) in [6.45, 7) is 0. The van der Waals surface area contributed by atoms with Crippen molar-refractivity contribution in [2.45, 2.75) is 6.18 Å². The number of pyridine rings is 2. The number of rotatable bonds is 4. The second-order valence-electron chi connectivity index (χ2n) is 8.31. The number of aryl methyl sites for hydroxylation is 1. The fourth-order valence-electron chi connectivity index (χ4n) is 4.30.